The van der Waals surface area contributed by atoms with Crippen molar-refractivity contribution in [2.45, 2.75) is 32.7 Å². The summed E-state index contributed by atoms with van der Waals surface area (Å²) in [6, 6.07) is 5.41. The number of halogens is 1. The van der Waals surface area contributed by atoms with Crippen molar-refractivity contribution in [3.05, 3.63) is 23.2 Å². The molecule has 0 radical (unpaired) electrons. The van der Waals surface area contributed by atoms with Crippen LogP contribution < -0.4 is 5.73 Å². The van der Waals surface area contributed by atoms with Gasteiger partial charge in [-0.3, -0.25) is 0 Å². The van der Waals surface area contributed by atoms with Crippen LogP contribution in [0.25, 0.3) is 11.4 Å². The first-order chi connectivity index (χ1) is 9.63. The molecule has 5 nitrogen and oxygen atoms in total. The fraction of sp³-hybridized carbons (Fsp3) is 0.500. The van der Waals surface area contributed by atoms with Gasteiger partial charge in [0, 0.05) is 22.8 Å². The maximum absolute atomic E-state index is 6.02. The van der Waals surface area contributed by atoms with E-state index in [0.29, 0.717) is 16.6 Å². The number of nitrogens with zero attached hydrogens (tertiary/aromatic N) is 4. The lowest BCUT2D eigenvalue weighted by molar-refractivity contribution is 0.412. The fourth-order valence-corrected chi connectivity index (χ4v) is 3.17. The number of anilines is 1. The summed E-state index contributed by atoms with van der Waals surface area (Å²) in [5.41, 5.74) is 7.46. The van der Waals surface area contributed by atoms with Gasteiger partial charge in [-0.25, -0.2) is 4.68 Å². The lowest BCUT2D eigenvalue weighted by Crippen LogP contribution is -2.11. The third-order valence-electron chi connectivity index (χ3n) is 4.02. The molecule has 2 N–H and O–H groups in total. The van der Waals surface area contributed by atoms with Gasteiger partial charge >= 0.3 is 0 Å². The highest BCUT2D eigenvalue weighted by molar-refractivity contribution is 6.31. The van der Waals surface area contributed by atoms with Crippen LogP contribution in [0.3, 0.4) is 0 Å². The SMILES string of the molecule is CC1CCC(Cn2nnnc2-c2ccc(Cl)cc2N)C1. The number of tetrazole rings is 1. The van der Waals surface area contributed by atoms with Crippen molar-refractivity contribution < 1.29 is 0 Å². The summed E-state index contributed by atoms with van der Waals surface area (Å²) in [5, 5.41) is 12.6. The average molecular weight is 292 g/mol. The number of nitrogens with two attached hydrogens (primary N) is 1. The normalized spacial score (nSPS) is 22.3. The lowest BCUT2D eigenvalue weighted by atomic mass is 10.1. The molecule has 1 aliphatic rings. The third kappa shape index (κ3) is 2.63. The number of hydrogen-bond donors (Lipinski definition) is 1. The highest BCUT2D eigenvalue weighted by atomic mass is 35.5. The Kier molecular flexibility index (Phi) is 3.61. The van der Waals surface area contributed by atoms with E-state index in [0.717, 1.165) is 23.9 Å². The molecule has 106 valence electrons. The minimum Gasteiger partial charge on any atom is -0.398 e. The highest BCUT2D eigenvalue weighted by Gasteiger charge is 2.23. The van der Waals surface area contributed by atoms with Crippen LogP contribution in [0.4, 0.5) is 5.69 Å². The molecule has 0 amide bonds. The first-order valence-corrected chi connectivity index (χ1v) is 7.33. The molecule has 0 bridgehead atoms. The van der Waals surface area contributed by atoms with Crippen LogP contribution >= 0.6 is 11.6 Å². The second-order valence-electron chi connectivity index (χ2n) is 5.70. The quantitative estimate of drug-likeness (QED) is 0.883. The van der Waals surface area contributed by atoms with Gasteiger partial charge in [0.2, 0.25) is 0 Å². The van der Waals surface area contributed by atoms with E-state index in [1.807, 2.05) is 16.8 Å². The van der Waals surface area contributed by atoms with Crippen molar-refractivity contribution >= 4 is 17.3 Å². The number of benzene rings is 1. The zero-order valence-electron chi connectivity index (χ0n) is 11.5. The highest BCUT2D eigenvalue weighted by Crippen LogP contribution is 2.33. The van der Waals surface area contributed by atoms with Crippen LogP contribution in [-0.4, -0.2) is 20.2 Å². The molecule has 2 unspecified atom stereocenters. The molecule has 6 heteroatoms. The van der Waals surface area contributed by atoms with E-state index < -0.39 is 0 Å². The van der Waals surface area contributed by atoms with Gasteiger partial charge in [0.25, 0.3) is 0 Å². The van der Waals surface area contributed by atoms with Gasteiger partial charge in [0.05, 0.1) is 0 Å². The van der Waals surface area contributed by atoms with E-state index in [1.54, 1.807) is 6.07 Å². The van der Waals surface area contributed by atoms with Crippen LogP contribution in [0.2, 0.25) is 5.02 Å². The molecule has 1 saturated carbocycles. The van der Waals surface area contributed by atoms with Gasteiger partial charge in [-0.1, -0.05) is 24.9 Å². The average Bonchev–Trinajstić information content (AvgIpc) is 3.00. The van der Waals surface area contributed by atoms with Gasteiger partial charge in [-0.2, -0.15) is 0 Å². The van der Waals surface area contributed by atoms with E-state index in [1.165, 1.54) is 19.3 Å². The number of nitrogen functional groups attached to an aromatic ring is 1. The van der Waals surface area contributed by atoms with Crippen molar-refractivity contribution in [1.29, 1.82) is 0 Å². The minimum absolute atomic E-state index is 0.605. The molecule has 2 atom stereocenters. The molecule has 0 spiro atoms. The molecule has 3 rings (SSSR count). The first kappa shape index (κ1) is 13.4. The Morgan fingerprint density at radius 2 is 2.25 bits per heavy atom. The zero-order chi connectivity index (χ0) is 14.1. The summed E-state index contributed by atoms with van der Waals surface area (Å²) in [7, 11) is 0. The molecule has 1 aliphatic carbocycles. The largest absolute Gasteiger partial charge is 0.398 e. The molecule has 1 heterocycles. The van der Waals surface area contributed by atoms with E-state index in [4.69, 9.17) is 17.3 Å². The van der Waals surface area contributed by atoms with Gasteiger partial charge in [-0.05, 0) is 53.3 Å². The maximum Gasteiger partial charge on any atom is 0.184 e. The Balaban J connectivity index is 1.86. The topological polar surface area (TPSA) is 69.6 Å². The number of aromatic nitrogens is 4. The summed E-state index contributed by atoms with van der Waals surface area (Å²) in [6.45, 7) is 3.16. The summed E-state index contributed by atoms with van der Waals surface area (Å²) in [6.07, 6.45) is 3.79. The molecule has 20 heavy (non-hydrogen) atoms. The minimum atomic E-state index is 0.605. The summed E-state index contributed by atoms with van der Waals surface area (Å²) >= 11 is 5.93. The van der Waals surface area contributed by atoms with Crippen molar-refractivity contribution in [1.82, 2.24) is 20.2 Å². The molecule has 1 aromatic carbocycles. The van der Waals surface area contributed by atoms with Crippen LogP contribution in [0.1, 0.15) is 26.2 Å². The van der Waals surface area contributed by atoms with Crippen molar-refractivity contribution in [3.8, 4) is 11.4 Å². The maximum atomic E-state index is 6.02. The standard InChI is InChI=1S/C14H18ClN5/c1-9-2-3-10(6-9)8-20-14(17-18-19-20)12-5-4-11(15)7-13(12)16/h4-5,7,9-10H,2-3,6,8,16H2,1H3. The number of hydrogen-bond acceptors (Lipinski definition) is 4. The fourth-order valence-electron chi connectivity index (χ4n) is 2.99. The van der Waals surface area contributed by atoms with Gasteiger partial charge in [0.15, 0.2) is 5.82 Å². The first-order valence-electron chi connectivity index (χ1n) is 6.95. The summed E-state index contributed by atoms with van der Waals surface area (Å²) in [4.78, 5) is 0. The second-order valence-corrected chi connectivity index (χ2v) is 6.14. The van der Waals surface area contributed by atoms with Gasteiger partial charge < -0.3 is 5.73 Å². The van der Waals surface area contributed by atoms with Crippen LogP contribution in [0.5, 0.6) is 0 Å². The van der Waals surface area contributed by atoms with Gasteiger partial charge in [-0.15, -0.1) is 5.10 Å². The Labute approximate surface area is 123 Å². The predicted octanol–water partition coefficient (Wildman–Crippen LogP) is 3.01. The molecular formula is C14H18ClN5. The Bertz CT molecular complexity index is 609. The lowest BCUT2D eigenvalue weighted by Gasteiger charge is -2.11. The van der Waals surface area contributed by atoms with Gasteiger partial charge in [0.1, 0.15) is 0 Å². The summed E-state index contributed by atoms with van der Waals surface area (Å²) in [5.74, 6) is 2.18. The summed E-state index contributed by atoms with van der Waals surface area (Å²) < 4.78 is 1.86. The van der Waals surface area contributed by atoms with E-state index in [2.05, 4.69) is 22.4 Å². The predicted molar refractivity (Wildman–Crippen MR) is 79.2 cm³/mol. The molecular weight excluding hydrogens is 274 g/mol. The Hall–Kier alpha value is -1.62. The van der Waals surface area contributed by atoms with Crippen molar-refractivity contribution in [2.75, 3.05) is 5.73 Å². The molecule has 1 fully saturated rings. The second kappa shape index (κ2) is 5.40. The molecule has 1 aromatic heterocycles. The van der Waals surface area contributed by atoms with E-state index in [-0.39, 0.29) is 0 Å². The van der Waals surface area contributed by atoms with Crippen LogP contribution in [0, 0.1) is 11.8 Å². The zero-order valence-corrected chi connectivity index (χ0v) is 12.2. The Morgan fingerprint density at radius 3 is 2.95 bits per heavy atom. The van der Waals surface area contributed by atoms with E-state index >= 15 is 0 Å². The third-order valence-corrected chi connectivity index (χ3v) is 4.26. The van der Waals surface area contributed by atoms with Crippen molar-refractivity contribution in [3.63, 3.8) is 0 Å². The monoisotopic (exact) mass is 291 g/mol. The molecule has 0 aliphatic heterocycles. The Morgan fingerprint density at radius 1 is 1.40 bits per heavy atom. The smallest absolute Gasteiger partial charge is 0.184 e. The molecule has 0 saturated heterocycles. The van der Waals surface area contributed by atoms with E-state index in [9.17, 15) is 0 Å². The number of rotatable bonds is 3. The molecule has 2 aromatic rings. The van der Waals surface area contributed by atoms with Crippen molar-refractivity contribution in [2.24, 2.45) is 11.8 Å². The van der Waals surface area contributed by atoms with Crippen LogP contribution in [-0.2, 0) is 6.54 Å². The van der Waals surface area contributed by atoms with Crippen LogP contribution in [0.15, 0.2) is 18.2 Å².